The fourth-order valence-corrected chi connectivity index (χ4v) is 2.96. The molecule has 0 fully saturated rings. The molecule has 0 bridgehead atoms. The van der Waals surface area contributed by atoms with E-state index in [2.05, 4.69) is 0 Å². The molecule has 0 amide bonds. The van der Waals surface area contributed by atoms with E-state index in [1.165, 1.54) is 6.08 Å². The lowest BCUT2D eigenvalue weighted by atomic mass is 10.1. The van der Waals surface area contributed by atoms with Crippen LogP contribution in [0.25, 0.3) is 6.08 Å². The molecule has 5 heteroatoms. The predicted molar refractivity (Wildman–Crippen MR) is 110 cm³/mol. The summed E-state index contributed by atoms with van der Waals surface area (Å²) in [6.45, 7) is 0.612. The van der Waals surface area contributed by atoms with Gasteiger partial charge in [-0.25, -0.2) is 0 Å². The van der Waals surface area contributed by atoms with Gasteiger partial charge in [0, 0.05) is 5.56 Å². The van der Waals surface area contributed by atoms with Crippen LogP contribution in [0.5, 0.6) is 23.0 Å². The first kappa shape index (κ1) is 18.6. The summed E-state index contributed by atoms with van der Waals surface area (Å²) in [6.07, 6.45) is 3.28. The largest absolute Gasteiger partial charge is 0.493 e. The number of fused-ring (bicyclic) bond motifs is 1. The summed E-state index contributed by atoms with van der Waals surface area (Å²) in [5.41, 5.74) is 2.44. The molecule has 146 valence electrons. The fourth-order valence-electron chi connectivity index (χ4n) is 2.96. The zero-order chi connectivity index (χ0) is 20.1. The predicted octanol–water partition coefficient (Wildman–Crippen LogP) is 4.90. The van der Waals surface area contributed by atoms with E-state index in [-0.39, 0.29) is 12.6 Å². The minimum Gasteiger partial charge on any atom is -0.493 e. The van der Waals surface area contributed by atoms with Crippen molar-refractivity contribution in [2.24, 2.45) is 0 Å². The zero-order valence-corrected chi connectivity index (χ0v) is 16.0. The van der Waals surface area contributed by atoms with Gasteiger partial charge in [0.05, 0.1) is 7.11 Å². The molecular weight excluding hydrogens is 368 g/mol. The van der Waals surface area contributed by atoms with E-state index in [1.54, 1.807) is 31.4 Å². The van der Waals surface area contributed by atoms with Crippen molar-refractivity contribution in [2.45, 2.75) is 6.61 Å². The number of hydrogen-bond donors (Lipinski definition) is 0. The van der Waals surface area contributed by atoms with E-state index in [4.69, 9.17) is 18.9 Å². The Morgan fingerprint density at radius 3 is 2.62 bits per heavy atom. The van der Waals surface area contributed by atoms with Crippen molar-refractivity contribution in [3.63, 3.8) is 0 Å². The summed E-state index contributed by atoms with van der Waals surface area (Å²) in [4.78, 5) is 12.5. The first-order chi connectivity index (χ1) is 14.2. The van der Waals surface area contributed by atoms with E-state index in [9.17, 15) is 4.79 Å². The number of carbonyl (C=O) groups is 1. The zero-order valence-electron chi connectivity index (χ0n) is 16.0. The molecule has 1 aliphatic heterocycles. The first-order valence-corrected chi connectivity index (χ1v) is 9.20. The van der Waals surface area contributed by atoms with Crippen LogP contribution in [0.1, 0.15) is 21.5 Å². The molecule has 1 heterocycles. The second-order valence-electron chi connectivity index (χ2n) is 6.45. The Hall–Kier alpha value is -3.73. The van der Waals surface area contributed by atoms with Gasteiger partial charge in [0.1, 0.15) is 6.61 Å². The van der Waals surface area contributed by atoms with Crippen LogP contribution in [-0.2, 0) is 6.61 Å². The third-order valence-corrected chi connectivity index (χ3v) is 4.51. The quantitative estimate of drug-likeness (QED) is 0.426. The summed E-state index contributed by atoms with van der Waals surface area (Å²) in [5.74, 6) is 2.38. The molecule has 3 aromatic carbocycles. The van der Waals surface area contributed by atoms with Crippen molar-refractivity contribution >= 4 is 11.9 Å². The van der Waals surface area contributed by atoms with Gasteiger partial charge in [0.15, 0.2) is 28.8 Å². The minimum absolute atomic E-state index is 0.120. The number of benzene rings is 3. The smallest absolute Gasteiger partial charge is 0.231 e. The Kier molecular flexibility index (Phi) is 5.47. The molecule has 0 N–H and O–H groups in total. The van der Waals surface area contributed by atoms with Crippen LogP contribution in [0, 0.1) is 0 Å². The highest BCUT2D eigenvalue weighted by Gasteiger charge is 2.15. The Bertz CT molecular complexity index is 1040. The van der Waals surface area contributed by atoms with Crippen LogP contribution >= 0.6 is 0 Å². The van der Waals surface area contributed by atoms with Crippen LogP contribution in [0.2, 0.25) is 0 Å². The highest BCUT2D eigenvalue weighted by Crippen LogP contribution is 2.33. The molecule has 5 nitrogen and oxygen atoms in total. The number of methoxy groups -OCH3 is 1. The lowest BCUT2D eigenvalue weighted by Gasteiger charge is -2.11. The van der Waals surface area contributed by atoms with Gasteiger partial charge in [-0.3, -0.25) is 4.79 Å². The van der Waals surface area contributed by atoms with Gasteiger partial charge in [0.2, 0.25) is 6.79 Å². The maximum atomic E-state index is 12.5. The third-order valence-electron chi connectivity index (χ3n) is 4.51. The van der Waals surface area contributed by atoms with Crippen molar-refractivity contribution in [3.05, 3.63) is 89.5 Å². The van der Waals surface area contributed by atoms with Crippen molar-refractivity contribution in [1.29, 1.82) is 0 Å². The molecule has 0 unspecified atom stereocenters. The van der Waals surface area contributed by atoms with Gasteiger partial charge in [-0.2, -0.15) is 0 Å². The summed E-state index contributed by atoms with van der Waals surface area (Å²) in [7, 11) is 1.60. The van der Waals surface area contributed by atoms with Gasteiger partial charge in [-0.05, 0) is 47.5 Å². The summed E-state index contributed by atoms with van der Waals surface area (Å²) >= 11 is 0. The number of ketones is 1. The number of carbonyl (C=O) groups excluding carboxylic acids is 1. The number of ether oxygens (including phenoxy) is 4. The Morgan fingerprint density at radius 2 is 1.79 bits per heavy atom. The summed E-state index contributed by atoms with van der Waals surface area (Å²) in [6, 6.07) is 20.6. The minimum atomic E-state index is -0.120. The van der Waals surface area contributed by atoms with Crippen molar-refractivity contribution < 1.29 is 23.7 Å². The van der Waals surface area contributed by atoms with Crippen LogP contribution in [0.15, 0.2) is 72.8 Å². The molecule has 29 heavy (non-hydrogen) atoms. The first-order valence-electron chi connectivity index (χ1n) is 9.20. The van der Waals surface area contributed by atoms with Crippen molar-refractivity contribution in [2.75, 3.05) is 13.9 Å². The molecule has 0 radical (unpaired) electrons. The van der Waals surface area contributed by atoms with E-state index in [1.807, 2.05) is 48.5 Å². The SMILES string of the molecule is COc1ccc(/C=C/C(=O)c2ccc3c(c2)OCO3)cc1OCc1ccccc1. The van der Waals surface area contributed by atoms with Crippen molar-refractivity contribution in [3.8, 4) is 23.0 Å². The lowest BCUT2D eigenvalue weighted by molar-refractivity contribution is 0.104. The standard InChI is InChI=1S/C24H20O5/c1-26-21-11-8-17(13-23(21)27-15-18-5-3-2-4-6-18)7-10-20(25)19-9-12-22-24(14-19)29-16-28-22/h2-14H,15-16H2,1H3/b10-7+. The Morgan fingerprint density at radius 1 is 0.966 bits per heavy atom. The molecule has 0 aromatic heterocycles. The van der Waals surface area contributed by atoms with E-state index < -0.39 is 0 Å². The highest BCUT2D eigenvalue weighted by atomic mass is 16.7. The third kappa shape index (κ3) is 4.41. The molecule has 4 rings (SSSR count). The topological polar surface area (TPSA) is 54.0 Å². The van der Waals surface area contributed by atoms with Crippen LogP contribution in [-0.4, -0.2) is 19.7 Å². The van der Waals surface area contributed by atoms with Gasteiger partial charge in [-0.15, -0.1) is 0 Å². The second-order valence-corrected chi connectivity index (χ2v) is 6.45. The number of allylic oxidation sites excluding steroid dienone is 1. The van der Waals surface area contributed by atoms with Crippen LogP contribution < -0.4 is 18.9 Å². The van der Waals surface area contributed by atoms with Crippen molar-refractivity contribution in [1.82, 2.24) is 0 Å². The number of hydrogen-bond acceptors (Lipinski definition) is 5. The average Bonchev–Trinajstić information content (AvgIpc) is 3.24. The second kappa shape index (κ2) is 8.52. The molecule has 0 spiro atoms. The molecule has 0 aliphatic carbocycles. The van der Waals surface area contributed by atoms with Gasteiger partial charge >= 0.3 is 0 Å². The summed E-state index contributed by atoms with van der Waals surface area (Å²) in [5, 5.41) is 0. The van der Waals surface area contributed by atoms with Gasteiger partial charge in [0.25, 0.3) is 0 Å². The van der Waals surface area contributed by atoms with E-state index in [0.717, 1.165) is 11.1 Å². The van der Waals surface area contributed by atoms with Gasteiger partial charge in [-0.1, -0.05) is 42.5 Å². The Balaban J connectivity index is 1.48. The molecule has 3 aromatic rings. The lowest BCUT2D eigenvalue weighted by Crippen LogP contribution is -1.98. The maximum Gasteiger partial charge on any atom is 0.231 e. The van der Waals surface area contributed by atoms with Gasteiger partial charge < -0.3 is 18.9 Å². The molecule has 0 saturated carbocycles. The number of rotatable bonds is 7. The molecule has 0 atom stereocenters. The van der Waals surface area contributed by atoms with E-state index in [0.29, 0.717) is 35.2 Å². The average molecular weight is 388 g/mol. The summed E-state index contributed by atoms with van der Waals surface area (Å²) < 4.78 is 21.9. The molecular formula is C24H20O5. The Labute approximate surface area is 169 Å². The monoisotopic (exact) mass is 388 g/mol. The maximum absolute atomic E-state index is 12.5. The molecule has 1 aliphatic rings. The van der Waals surface area contributed by atoms with E-state index >= 15 is 0 Å². The highest BCUT2D eigenvalue weighted by molar-refractivity contribution is 6.07. The van der Waals surface area contributed by atoms with Crippen LogP contribution in [0.3, 0.4) is 0 Å². The fraction of sp³-hybridized carbons (Fsp3) is 0.125. The normalized spacial score (nSPS) is 12.2. The van der Waals surface area contributed by atoms with Crippen LogP contribution in [0.4, 0.5) is 0 Å². The molecule has 0 saturated heterocycles.